The summed E-state index contributed by atoms with van der Waals surface area (Å²) in [5, 5.41) is 23.5. The van der Waals surface area contributed by atoms with Crippen molar-refractivity contribution in [2.24, 2.45) is 0 Å². The molecule has 25 heavy (non-hydrogen) atoms. The lowest BCUT2D eigenvalue weighted by Crippen LogP contribution is -2.14. The van der Waals surface area contributed by atoms with Gasteiger partial charge < -0.3 is 15.7 Å². The molecule has 0 saturated carbocycles. The van der Waals surface area contributed by atoms with E-state index in [1.165, 1.54) is 30.5 Å². The number of halogens is 1. The number of nitrogens with one attached hydrogen (secondary N) is 2. The molecule has 0 aliphatic heterocycles. The molecule has 2 aromatic rings. The Labute approximate surface area is 158 Å². The molecule has 6 nitrogen and oxygen atoms in total. The van der Waals surface area contributed by atoms with Crippen molar-refractivity contribution < 1.29 is 14.7 Å². The van der Waals surface area contributed by atoms with E-state index in [9.17, 15) is 14.9 Å². The van der Waals surface area contributed by atoms with Gasteiger partial charge in [-0.15, -0.1) is 0 Å². The molecule has 0 heterocycles. The molecule has 0 aliphatic rings. The van der Waals surface area contributed by atoms with Gasteiger partial charge in [-0.1, -0.05) is 0 Å². The van der Waals surface area contributed by atoms with E-state index in [1.54, 1.807) is 0 Å². The number of amides is 1. The number of benzene rings is 2. The van der Waals surface area contributed by atoms with Crippen molar-refractivity contribution in [1.82, 2.24) is 0 Å². The number of aromatic carboxylic acids is 1. The quantitative estimate of drug-likeness (QED) is 0.368. The zero-order valence-corrected chi connectivity index (χ0v) is 15.4. The Morgan fingerprint density at radius 2 is 1.88 bits per heavy atom. The van der Waals surface area contributed by atoms with Crippen LogP contribution >= 0.6 is 22.6 Å². The predicted molar refractivity (Wildman–Crippen MR) is 103 cm³/mol. The van der Waals surface area contributed by atoms with E-state index in [1.807, 2.05) is 31.2 Å². The van der Waals surface area contributed by atoms with Crippen molar-refractivity contribution >= 4 is 45.8 Å². The molecule has 1 amide bonds. The van der Waals surface area contributed by atoms with Gasteiger partial charge in [0.15, 0.2) is 0 Å². The number of aryl methyl sites for hydroxylation is 1. The zero-order valence-electron chi connectivity index (χ0n) is 13.2. The summed E-state index contributed by atoms with van der Waals surface area (Å²) in [6.45, 7) is 1.93. The molecule has 0 fully saturated rings. The number of rotatable bonds is 5. The molecule has 126 valence electrons. The highest BCUT2D eigenvalue weighted by molar-refractivity contribution is 14.1. The topological polar surface area (TPSA) is 102 Å². The van der Waals surface area contributed by atoms with Crippen molar-refractivity contribution in [3.8, 4) is 6.07 Å². The van der Waals surface area contributed by atoms with Crippen LogP contribution in [0, 0.1) is 21.8 Å². The van der Waals surface area contributed by atoms with Crippen LogP contribution in [0.2, 0.25) is 0 Å². The first-order valence-electron chi connectivity index (χ1n) is 7.18. The van der Waals surface area contributed by atoms with Crippen LogP contribution in [-0.2, 0) is 4.79 Å². The molecule has 0 radical (unpaired) electrons. The first-order chi connectivity index (χ1) is 11.9. The second-order valence-corrected chi connectivity index (χ2v) is 6.36. The molecule has 3 N–H and O–H groups in total. The number of carbonyl (C=O) groups excluding carboxylic acids is 1. The van der Waals surface area contributed by atoms with Gasteiger partial charge in [0.2, 0.25) is 0 Å². The minimum absolute atomic E-state index is 0.0970. The van der Waals surface area contributed by atoms with Crippen molar-refractivity contribution in [3.63, 3.8) is 0 Å². The number of nitriles is 1. The lowest BCUT2D eigenvalue weighted by atomic mass is 10.2. The van der Waals surface area contributed by atoms with Crippen LogP contribution in [0.1, 0.15) is 15.9 Å². The minimum Gasteiger partial charge on any atom is -0.478 e. The maximum Gasteiger partial charge on any atom is 0.335 e. The Balaban J connectivity index is 2.09. The average Bonchev–Trinajstić information content (AvgIpc) is 2.57. The summed E-state index contributed by atoms with van der Waals surface area (Å²) in [5.41, 5.74) is 2.21. The Morgan fingerprint density at radius 1 is 1.20 bits per heavy atom. The molecule has 0 spiro atoms. The van der Waals surface area contributed by atoms with E-state index >= 15 is 0 Å². The van der Waals surface area contributed by atoms with Gasteiger partial charge in [0.05, 0.1) is 5.56 Å². The maximum atomic E-state index is 12.2. The molecule has 0 aromatic heterocycles. The van der Waals surface area contributed by atoms with Gasteiger partial charge in [-0.05, 0) is 77.5 Å². The number of carboxylic acid groups (broad SMARTS) is 1. The summed E-state index contributed by atoms with van der Waals surface area (Å²) >= 11 is 2.20. The Kier molecular flexibility index (Phi) is 6.14. The largest absolute Gasteiger partial charge is 0.478 e. The summed E-state index contributed by atoms with van der Waals surface area (Å²) < 4.78 is 1.09. The van der Waals surface area contributed by atoms with Gasteiger partial charge >= 0.3 is 5.97 Å². The van der Waals surface area contributed by atoms with Crippen LogP contribution in [0.5, 0.6) is 0 Å². The molecule has 0 atom stereocenters. The summed E-state index contributed by atoms with van der Waals surface area (Å²) in [6.07, 6.45) is 1.34. The Morgan fingerprint density at radius 3 is 2.44 bits per heavy atom. The first-order valence-corrected chi connectivity index (χ1v) is 8.26. The second-order valence-electron chi connectivity index (χ2n) is 5.11. The molecule has 0 aliphatic carbocycles. The van der Waals surface area contributed by atoms with Gasteiger partial charge in [0.25, 0.3) is 5.91 Å². The normalized spacial score (nSPS) is 10.7. The fourth-order valence-electron chi connectivity index (χ4n) is 1.98. The molecule has 2 rings (SSSR count). The van der Waals surface area contributed by atoms with E-state index in [2.05, 4.69) is 33.2 Å². The van der Waals surface area contributed by atoms with Crippen molar-refractivity contribution in [1.29, 1.82) is 5.26 Å². The van der Waals surface area contributed by atoms with Crippen LogP contribution < -0.4 is 10.6 Å². The van der Waals surface area contributed by atoms with E-state index in [0.717, 1.165) is 14.8 Å². The maximum absolute atomic E-state index is 12.2. The number of nitrogens with zero attached hydrogens (tertiary/aromatic N) is 1. The smallest absolute Gasteiger partial charge is 0.335 e. The van der Waals surface area contributed by atoms with E-state index in [4.69, 9.17) is 5.11 Å². The summed E-state index contributed by atoms with van der Waals surface area (Å²) in [7, 11) is 0. The van der Waals surface area contributed by atoms with Gasteiger partial charge in [0.1, 0.15) is 11.6 Å². The summed E-state index contributed by atoms with van der Waals surface area (Å²) in [5.74, 6) is -1.63. The van der Waals surface area contributed by atoms with Crippen LogP contribution in [0.4, 0.5) is 11.4 Å². The fourth-order valence-corrected chi connectivity index (χ4v) is 2.63. The Bertz CT molecular complexity index is 883. The van der Waals surface area contributed by atoms with Crippen molar-refractivity contribution in [2.45, 2.75) is 6.92 Å². The Hall–Kier alpha value is -2.86. The van der Waals surface area contributed by atoms with Gasteiger partial charge in [-0.3, -0.25) is 4.79 Å². The lowest BCUT2D eigenvalue weighted by Gasteiger charge is -2.08. The number of hydrogen-bond donors (Lipinski definition) is 3. The highest BCUT2D eigenvalue weighted by Crippen LogP contribution is 2.18. The van der Waals surface area contributed by atoms with Gasteiger partial charge in [-0.2, -0.15) is 5.26 Å². The second kappa shape index (κ2) is 8.30. The standard InChI is InChI=1S/C18H14IN3O3/c1-11-8-14(19)4-7-16(11)21-10-13(9-20)17(23)22-15-5-2-12(3-6-15)18(24)25/h2-8,10,21H,1H3,(H,22,23)(H,24,25)/b13-10-. The summed E-state index contributed by atoms with van der Waals surface area (Å²) in [4.78, 5) is 23.0. The molecule has 0 unspecified atom stereocenters. The third kappa shape index (κ3) is 5.06. The monoisotopic (exact) mass is 447 g/mol. The summed E-state index contributed by atoms with van der Waals surface area (Å²) in [6, 6.07) is 13.3. The third-order valence-electron chi connectivity index (χ3n) is 3.32. The van der Waals surface area contributed by atoms with E-state index < -0.39 is 11.9 Å². The van der Waals surface area contributed by atoms with Crippen molar-refractivity contribution in [3.05, 3.63) is 68.9 Å². The predicted octanol–water partition coefficient (Wildman–Crippen LogP) is 3.76. The van der Waals surface area contributed by atoms with Crippen LogP contribution in [0.3, 0.4) is 0 Å². The number of carbonyl (C=O) groups is 2. The highest BCUT2D eigenvalue weighted by Gasteiger charge is 2.10. The number of hydrogen-bond acceptors (Lipinski definition) is 4. The zero-order chi connectivity index (χ0) is 18.4. The third-order valence-corrected chi connectivity index (χ3v) is 3.99. The fraction of sp³-hybridized carbons (Fsp3) is 0.0556. The molecule has 0 bridgehead atoms. The molecular formula is C18H14IN3O3. The lowest BCUT2D eigenvalue weighted by molar-refractivity contribution is -0.112. The molecule has 7 heteroatoms. The van der Waals surface area contributed by atoms with Crippen LogP contribution in [0.15, 0.2) is 54.2 Å². The van der Waals surface area contributed by atoms with Gasteiger partial charge in [-0.25, -0.2) is 4.79 Å². The van der Waals surface area contributed by atoms with Crippen LogP contribution in [0.25, 0.3) is 0 Å². The molecule has 0 saturated heterocycles. The SMILES string of the molecule is Cc1cc(I)ccc1N/C=C(/C#N)C(=O)Nc1ccc(C(=O)O)cc1. The van der Waals surface area contributed by atoms with Crippen LogP contribution in [-0.4, -0.2) is 17.0 Å². The first kappa shape index (κ1) is 18.5. The minimum atomic E-state index is -1.05. The number of anilines is 2. The van der Waals surface area contributed by atoms with E-state index in [-0.39, 0.29) is 11.1 Å². The van der Waals surface area contributed by atoms with Crippen molar-refractivity contribution in [2.75, 3.05) is 10.6 Å². The highest BCUT2D eigenvalue weighted by atomic mass is 127. The average molecular weight is 447 g/mol. The number of carboxylic acids is 1. The molecular weight excluding hydrogens is 433 g/mol. The van der Waals surface area contributed by atoms with E-state index in [0.29, 0.717) is 5.69 Å². The van der Waals surface area contributed by atoms with Gasteiger partial charge in [0, 0.05) is 21.1 Å². The molecule has 2 aromatic carbocycles.